The summed E-state index contributed by atoms with van der Waals surface area (Å²) in [6, 6.07) is 1.65. The third-order valence-electron chi connectivity index (χ3n) is 1.61. The molecule has 2 rings (SSSR count). The minimum Gasteiger partial charge on any atom is -0.382 e. The zero-order valence-electron chi connectivity index (χ0n) is 7.11. The molecule has 0 aliphatic rings. The molecule has 0 unspecified atom stereocenters. The number of rotatable bonds is 2. The number of H-pyrrole nitrogens is 1. The van der Waals surface area contributed by atoms with E-state index in [2.05, 4.69) is 20.3 Å². The molecule has 2 heterocycles. The van der Waals surface area contributed by atoms with Crippen LogP contribution in [-0.2, 0) is 6.42 Å². The summed E-state index contributed by atoms with van der Waals surface area (Å²) in [7, 11) is 0. The molecule has 6 heteroatoms. The molecule has 0 bridgehead atoms. The van der Waals surface area contributed by atoms with Crippen molar-refractivity contribution < 1.29 is 4.52 Å². The number of hydrogen-bond donors (Lipinski definition) is 2. The average Bonchev–Trinajstić information content (AvgIpc) is 2.71. The number of nitrogens with zero attached hydrogens (tertiary/aromatic N) is 3. The summed E-state index contributed by atoms with van der Waals surface area (Å²) >= 11 is 0. The van der Waals surface area contributed by atoms with Gasteiger partial charge in [0, 0.05) is 12.5 Å². The molecule has 0 aliphatic heterocycles. The second-order valence-corrected chi connectivity index (χ2v) is 2.58. The van der Waals surface area contributed by atoms with E-state index in [1.807, 2.05) is 6.92 Å². The van der Waals surface area contributed by atoms with Crippen LogP contribution in [0, 0.1) is 0 Å². The maximum atomic E-state index is 5.42. The van der Waals surface area contributed by atoms with Gasteiger partial charge in [0.1, 0.15) is 11.5 Å². The van der Waals surface area contributed by atoms with Crippen LogP contribution >= 0.6 is 0 Å². The molecule has 0 aliphatic carbocycles. The molecular weight excluding hydrogens is 170 g/mol. The molecule has 0 amide bonds. The van der Waals surface area contributed by atoms with Crippen molar-refractivity contribution in [3.8, 4) is 11.6 Å². The van der Waals surface area contributed by atoms with Crippen LogP contribution in [0.2, 0.25) is 0 Å². The Labute approximate surface area is 74.1 Å². The lowest BCUT2D eigenvalue weighted by Crippen LogP contribution is -1.82. The molecule has 2 aromatic heterocycles. The predicted octanol–water partition coefficient (Wildman–Crippen LogP) is 0.604. The molecular formula is C7H9N5O. The van der Waals surface area contributed by atoms with Gasteiger partial charge >= 0.3 is 0 Å². The largest absolute Gasteiger partial charge is 0.382 e. The number of nitrogens with two attached hydrogens (primary N) is 1. The third-order valence-corrected chi connectivity index (χ3v) is 1.61. The smallest absolute Gasteiger partial charge is 0.276 e. The highest BCUT2D eigenvalue weighted by molar-refractivity contribution is 5.51. The van der Waals surface area contributed by atoms with Crippen molar-refractivity contribution in [2.24, 2.45) is 0 Å². The molecule has 0 saturated carbocycles. The van der Waals surface area contributed by atoms with Crippen molar-refractivity contribution in [1.82, 2.24) is 20.3 Å². The van der Waals surface area contributed by atoms with Gasteiger partial charge in [0.2, 0.25) is 0 Å². The van der Waals surface area contributed by atoms with Gasteiger partial charge in [0.25, 0.3) is 5.89 Å². The summed E-state index contributed by atoms with van der Waals surface area (Å²) in [4.78, 5) is 4.11. The fraction of sp³-hybridized carbons (Fsp3) is 0.286. The fourth-order valence-corrected chi connectivity index (χ4v) is 0.954. The van der Waals surface area contributed by atoms with Crippen LogP contribution in [-0.4, -0.2) is 20.3 Å². The zero-order valence-corrected chi connectivity index (χ0v) is 7.11. The normalized spacial score (nSPS) is 10.5. The number of aromatic amines is 1. The Morgan fingerprint density at radius 2 is 2.46 bits per heavy atom. The molecule has 6 nitrogen and oxygen atoms in total. The summed E-state index contributed by atoms with van der Waals surface area (Å²) in [5, 5.41) is 10.2. The van der Waals surface area contributed by atoms with Crippen molar-refractivity contribution in [1.29, 1.82) is 0 Å². The first-order valence-electron chi connectivity index (χ1n) is 3.93. The molecule has 13 heavy (non-hydrogen) atoms. The molecule has 0 radical (unpaired) electrons. The Morgan fingerprint density at radius 1 is 1.62 bits per heavy atom. The quantitative estimate of drug-likeness (QED) is 0.704. The van der Waals surface area contributed by atoms with Crippen LogP contribution in [0.15, 0.2) is 10.6 Å². The molecule has 0 saturated heterocycles. The lowest BCUT2D eigenvalue weighted by Gasteiger charge is -1.82. The van der Waals surface area contributed by atoms with Crippen LogP contribution in [0.25, 0.3) is 11.6 Å². The van der Waals surface area contributed by atoms with Crippen molar-refractivity contribution in [2.75, 3.05) is 5.73 Å². The van der Waals surface area contributed by atoms with E-state index < -0.39 is 0 Å². The summed E-state index contributed by atoms with van der Waals surface area (Å²) in [6.07, 6.45) is 0.743. The van der Waals surface area contributed by atoms with Crippen LogP contribution in [0.3, 0.4) is 0 Å². The number of anilines is 1. The third kappa shape index (κ3) is 1.37. The van der Waals surface area contributed by atoms with Gasteiger partial charge in [-0.3, -0.25) is 5.10 Å². The first kappa shape index (κ1) is 7.78. The van der Waals surface area contributed by atoms with Crippen molar-refractivity contribution in [3.63, 3.8) is 0 Å². The van der Waals surface area contributed by atoms with Gasteiger partial charge in [0.05, 0.1) is 0 Å². The van der Waals surface area contributed by atoms with E-state index in [0.29, 0.717) is 23.2 Å². The van der Waals surface area contributed by atoms with Gasteiger partial charge in [-0.15, -0.1) is 0 Å². The summed E-state index contributed by atoms with van der Waals surface area (Å²) in [5.41, 5.74) is 6.07. The predicted molar refractivity (Wildman–Crippen MR) is 45.7 cm³/mol. The summed E-state index contributed by atoms with van der Waals surface area (Å²) in [6.45, 7) is 1.95. The molecule has 0 spiro atoms. The minimum absolute atomic E-state index is 0.409. The van der Waals surface area contributed by atoms with Crippen LogP contribution in [0.4, 0.5) is 5.82 Å². The lowest BCUT2D eigenvalue weighted by molar-refractivity contribution is 0.422. The van der Waals surface area contributed by atoms with Crippen LogP contribution in [0.5, 0.6) is 0 Å². The highest BCUT2D eigenvalue weighted by Crippen LogP contribution is 2.15. The second kappa shape index (κ2) is 2.89. The van der Waals surface area contributed by atoms with Gasteiger partial charge in [-0.25, -0.2) is 0 Å². The molecule has 3 N–H and O–H groups in total. The fourth-order valence-electron chi connectivity index (χ4n) is 0.954. The van der Waals surface area contributed by atoms with Crippen LogP contribution in [0.1, 0.15) is 12.7 Å². The number of aromatic nitrogens is 4. The SMILES string of the molecule is CCc1noc(-c2cc(N)n[nH]2)n1. The van der Waals surface area contributed by atoms with E-state index >= 15 is 0 Å². The standard InChI is InChI=1S/C7H9N5O/c1-2-6-9-7(13-12-6)4-3-5(8)11-10-4/h3H,2H2,1H3,(H3,8,10,11). The number of hydrogen-bond acceptors (Lipinski definition) is 5. The minimum atomic E-state index is 0.409. The van der Waals surface area contributed by atoms with E-state index in [1.165, 1.54) is 0 Å². The van der Waals surface area contributed by atoms with Crippen molar-refractivity contribution in [2.45, 2.75) is 13.3 Å². The van der Waals surface area contributed by atoms with E-state index in [0.717, 1.165) is 6.42 Å². The number of aryl methyl sites for hydroxylation is 1. The zero-order chi connectivity index (χ0) is 9.26. The Morgan fingerprint density at radius 3 is 3.00 bits per heavy atom. The van der Waals surface area contributed by atoms with E-state index in [1.54, 1.807) is 6.07 Å². The van der Waals surface area contributed by atoms with E-state index in [9.17, 15) is 0 Å². The maximum Gasteiger partial charge on any atom is 0.276 e. The second-order valence-electron chi connectivity index (χ2n) is 2.58. The first-order chi connectivity index (χ1) is 6.29. The number of nitrogen functional groups attached to an aromatic ring is 1. The van der Waals surface area contributed by atoms with Crippen LogP contribution < -0.4 is 5.73 Å². The van der Waals surface area contributed by atoms with E-state index in [4.69, 9.17) is 10.3 Å². The Hall–Kier alpha value is -1.85. The summed E-state index contributed by atoms with van der Waals surface area (Å²) in [5.74, 6) is 1.50. The highest BCUT2D eigenvalue weighted by Gasteiger charge is 2.09. The van der Waals surface area contributed by atoms with E-state index in [-0.39, 0.29) is 0 Å². The topological polar surface area (TPSA) is 93.6 Å². The van der Waals surface area contributed by atoms with Gasteiger partial charge in [-0.05, 0) is 0 Å². The monoisotopic (exact) mass is 179 g/mol. The van der Waals surface area contributed by atoms with Gasteiger partial charge in [0.15, 0.2) is 5.82 Å². The maximum absolute atomic E-state index is 5.42. The number of nitrogens with one attached hydrogen (secondary N) is 1. The highest BCUT2D eigenvalue weighted by atomic mass is 16.5. The molecule has 0 atom stereocenters. The summed E-state index contributed by atoms with van der Waals surface area (Å²) < 4.78 is 4.97. The van der Waals surface area contributed by atoms with Crippen molar-refractivity contribution >= 4 is 5.82 Å². The Bertz CT molecular complexity index is 404. The Kier molecular flexibility index (Phi) is 1.73. The lowest BCUT2D eigenvalue weighted by atomic mass is 10.4. The van der Waals surface area contributed by atoms with Gasteiger partial charge in [-0.2, -0.15) is 10.1 Å². The van der Waals surface area contributed by atoms with Gasteiger partial charge in [-0.1, -0.05) is 12.1 Å². The molecule has 0 aromatic carbocycles. The first-order valence-corrected chi connectivity index (χ1v) is 3.93. The van der Waals surface area contributed by atoms with Crippen molar-refractivity contribution in [3.05, 3.63) is 11.9 Å². The van der Waals surface area contributed by atoms with Gasteiger partial charge < -0.3 is 10.3 Å². The molecule has 0 fully saturated rings. The Balaban J connectivity index is 2.35. The average molecular weight is 179 g/mol. The molecule has 2 aromatic rings. The molecule has 68 valence electrons.